The van der Waals surface area contributed by atoms with Crippen molar-refractivity contribution >= 4 is 17.4 Å². The summed E-state index contributed by atoms with van der Waals surface area (Å²) in [5.41, 5.74) is 2.16. The molecule has 32 heavy (non-hydrogen) atoms. The maximum atomic E-state index is 13.0. The Morgan fingerprint density at radius 2 is 1.84 bits per heavy atom. The van der Waals surface area contributed by atoms with Crippen molar-refractivity contribution in [3.63, 3.8) is 0 Å². The minimum atomic E-state index is -0.673. The summed E-state index contributed by atoms with van der Waals surface area (Å²) < 4.78 is 10.9. The first-order valence-electron chi connectivity index (χ1n) is 10.9. The molecule has 2 aromatic carbocycles. The summed E-state index contributed by atoms with van der Waals surface area (Å²) in [4.78, 5) is 27.5. The van der Waals surface area contributed by atoms with E-state index in [2.05, 4.69) is 13.8 Å². The molecule has 1 aliphatic heterocycles. The van der Waals surface area contributed by atoms with Gasteiger partial charge in [0.2, 0.25) is 0 Å². The van der Waals surface area contributed by atoms with Gasteiger partial charge in [-0.15, -0.1) is 0 Å². The van der Waals surface area contributed by atoms with Crippen LogP contribution in [-0.4, -0.2) is 48.6 Å². The van der Waals surface area contributed by atoms with Crippen molar-refractivity contribution in [3.8, 4) is 5.75 Å². The fourth-order valence-electron chi connectivity index (χ4n) is 3.87. The van der Waals surface area contributed by atoms with E-state index in [1.807, 2.05) is 43.3 Å². The van der Waals surface area contributed by atoms with Gasteiger partial charge in [-0.25, -0.2) is 0 Å². The number of aryl methyl sites for hydroxylation is 1. The van der Waals surface area contributed by atoms with Gasteiger partial charge in [-0.05, 0) is 48.6 Å². The van der Waals surface area contributed by atoms with Gasteiger partial charge in [-0.3, -0.25) is 9.59 Å². The number of methoxy groups -OCH3 is 1. The molecule has 1 fully saturated rings. The van der Waals surface area contributed by atoms with E-state index in [9.17, 15) is 14.7 Å². The van der Waals surface area contributed by atoms with Gasteiger partial charge in [0.05, 0.1) is 18.2 Å². The predicted octanol–water partition coefficient (Wildman–Crippen LogP) is 4.49. The molecular weight excluding hydrogens is 406 g/mol. The number of carbonyl (C=O) groups excluding carboxylic acids is 2. The van der Waals surface area contributed by atoms with Gasteiger partial charge in [-0.2, -0.15) is 0 Å². The van der Waals surface area contributed by atoms with Crippen molar-refractivity contribution in [2.45, 2.75) is 33.2 Å². The van der Waals surface area contributed by atoms with E-state index in [1.54, 1.807) is 19.2 Å². The lowest BCUT2D eigenvalue weighted by atomic mass is 9.94. The van der Waals surface area contributed by atoms with Gasteiger partial charge in [0.15, 0.2) is 0 Å². The van der Waals surface area contributed by atoms with Gasteiger partial charge < -0.3 is 19.5 Å². The van der Waals surface area contributed by atoms with E-state index in [0.717, 1.165) is 11.1 Å². The van der Waals surface area contributed by atoms with E-state index in [4.69, 9.17) is 9.47 Å². The molecule has 1 atom stereocenters. The first-order valence-corrected chi connectivity index (χ1v) is 10.9. The summed E-state index contributed by atoms with van der Waals surface area (Å²) in [6.07, 6.45) is 0.591. The zero-order valence-corrected chi connectivity index (χ0v) is 19.1. The number of hydrogen-bond acceptors (Lipinski definition) is 5. The van der Waals surface area contributed by atoms with E-state index >= 15 is 0 Å². The fourth-order valence-corrected chi connectivity index (χ4v) is 3.87. The Morgan fingerprint density at radius 1 is 1.12 bits per heavy atom. The van der Waals surface area contributed by atoms with Crippen LogP contribution >= 0.6 is 0 Å². The quantitative estimate of drug-likeness (QED) is 0.271. The maximum absolute atomic E-state index is 13.0. The number of hydrogen-bond donors (Lipinski definition) is 1. The molecule has 6 nitrogen and oxygen atoms in total. The van der Waals surface area contributed by atoms with E-state index in [1.165, 1.54) is 4.90 Å². The second kappa shape index (κ2) is 10.5. The zero-order chi connectivity index (χ0) is 23.3. The van der Waals surface area contributed by atoms with Crippen LogP contribution in [0.1, 0.15) is 43.0 Å². The van der Waals surface area contributed by atoms with Crippen LogP contribution in [0.15, 0.2) is 54.1 Å². The Hall–Kier alpha value is -3.12. The number of aliphatic hydroxyl groups is 1. The molecule has 0 aromatic heterocycles. The predicted molar refractivity (Wildman–Crippen MR) is 123 cm³/mol. The number of aliphatic hydroxyl groups excluding tert-OH is 1. The summed E-state index contributed by atoms with van der Waals surface area (Å²) in [7, 11) is 1.60. The van der Waals surface area contributed by atoms with Crippen molar-refractivity contribution in [2.24, 2.45) is 5.92 Å². The van der Waals surface area contributed by atoms with Crippen LogP contribution in [0.3, 0.4) is 0 Å². The molecule has 0 bridgehead atoms. The van der Waals surface area contributed by atoms with Crippen LogP contribution in [0.4, 0.5) is 0 Å². The largest absolute Gasteiger partial charge is 0.507 e. The Morgan fingerprint density at radius 3 is 2.47 bits per heavy atom. The van der Waals surface area contributed by atoms with E-state index in [-0.39, 0.29) is 11.3 Å². The number of Topliss-reactive ketones (excluding diaryl/α,β-unsaturated/α-hetero) is 1. The van der Waals surface area contributed by atoms with Crippen molar-refractivity contribution in [3.05, 3.63) is 70.8 Å². The second-order valence-corrected chi connectivity index (χ2v) is 8.43. The molecule has 6 heteroatoms. The third-order valence-electron chi connectivity index (χ3n) is 5.44. The standard InChI is InChI=1S/C26H31NO5/c1-17(2)16-32-20-11-12-21(18(3)15-20)24(28)22-23(19-9-6-5-7-10-19)27(13-8-14-31-4)26(30)25(22)29/h5-7,9-12,15,17,23,28H,8,13-14,16H2,1-4H3/b24-22+. The molecule has 1 N–H and O–H groups in total. The number of ketones is 1. The minimum Gasteiger partial charge on any atom is -0.507 e. The Bertz CT molecular complexity index is 997. The molecule has 1 aliphatic rings. The summed E-state index contributed by atoms with van der Waals surface area (Å²) in [5.74, 6) is -0.352. The lowest BCUT2D eigenvalue weighted by Crippen LogP contribution is -2.31. The van der Waals surface area contributed by atoms with E-state index < -0.39 is 17.7 Å². The topological polar surface area (TPSA) is 76.1 Å². The van der Waals surface area contributed by atoms with Crippen LogP contribution in [0.25, 0.3) is 5.76 Å². The molecule has 1 unspecified atom stereocenters. The number of ether oxygens (including phenoxy) is 2. The Labute approximate surface area is 189 Å². The van der Waals surface area contributed by atoms with Crippen molar-refractivity contribution in [2.75, 3.05) is 26.9 Å². The SMILES string of the molecule is COCCCN1C(=O)C(=O)/C(=C(/O)c2ccc(OCC(C)C)cc2C)C1c1ccccc1. The van der Waals surface area contributed by atoms with Crippen molar-refractivity contribution in [1.82, 2.24) is 4.90 Å². The fraction of sp³-hybridized carbons (Fsp3) is 0.385. The van der Waals surface area contributed by atoms with Gasteiger partial charge >= 0.3 is 0 Å². The number of carbonyl (C=O) groups is 2. The highest BCUT2D eigenvalue weighted by atomic mass is 16.5. The van der Waals surface area contributed by atoms with E-state index in [0.29, 0.717) is 43.4 Å². The van der Waals surface area contributed by atoms with Gasteiger partial charge in [0.25, 0.3) is 11.7 Å². The van der Waals surface area contributed by atoms with Crippen LogP contribution < -0.4 is 4.74 Å². The van der Waals surface area contributed by atoms with Crippen LogP contribution in [0.2, 0.25) is 0 Å². The lowest BCUT2D eigenvalue weighted by Gasteiger charge is -2.25. The normalized spacial score (nSPS) is 17.9. The molecule has 0 aliphatic carbocycles. The maximum Gasteiger partial charge on any atom is 0.295 e. The lowest BCUT2D eigenvalue weighted by molar-refractivity contribution is -0.140. The van der Waals surface area contributed by atoms with Gasteiger partial charge in [0.1, 0.15) is 11.5 Å². The highest BCUT2D eigenvalue weighted by Crippen LogP contribution is 2.40. The first-order chi connectivity index (χ1) is 15.3. The average molecular weight is 438 g/mol. The third-order valence-corrected chi connectivity index (χ3v) is 5.44. The summed E-state index contributed by atoms with van der Waals surface area (Å²) in [6, 6.07) is 14.0. The van der Waals surface area contributed by atoms with Crippen molar-refractivity contribution < 1.29 is 24.2 Å². The smallest absolute Gasteiger partial charge is 0.295 e. The molecular formula is C26H31NO5. The summed E-state index contributed by atoms with van der Waals surface area (Å²) in [6.45, 7) is 7.41. The van der Waals surface area contributed by atoms with Gasteiger partial charge in [-0.1, -0.05) is 44.2 Å². The van der Waals surface area contributed by atoms with Crippen LogP contribution in [0, 0.1) is 12.8 Å². The molecule has 0 spiro atoms. The highest BCUT2D eigenvalue weighted by molar-refractivity contribution is 6.46. The monoisotopic (exact) mass is 437 g/mol. The molecule has 2 aromatic rings. The highest BCUT2D eigenvalue weighted by Gasteiger charge is 2.45. The zero-order valence-electron chi connectivity index (χ0n) is 19.1. The molecule has 0 saturated carbocycles. The number of amides is 1. The average Bonchev–Trinajstić information content (AvgIpc) is 3.03. The Balaban J connectivity index is 2.04. The first kappa shape index (κ1) is 23.5. The number of rotatable bonds is 9. The van der Waals surface area contributed by atoms with Crippen LogP contribution in [0.5, 0.6) is 5.75 Å². The molecule has 1 amide bonds. The summed E-state index contributed by atoms with van der Waals surface area (Å²) >= 11 is 0. The minimum absolute atomic E-state index is 0.109. The second-order valence-electron chi connectivity index (χ2n) is 8.43. The van der Waals surface area contributed by atoms with Crippen molar-refractivity contribution in [1.29, 1.82) is 0 Å². The number of likely N-dealkylation sites (tertiary alicyclic amines) is 1. The number of benzene rings is 2. The molecule has 3 rings (SSSR count). The third kappa shape index (κ3) is 5.02. The Kier molecular flexibility index (Phi) is 7.70. The van der Waals surface area contributed by atoms with Gasteiger partial charge in [0, 0.05) is 25.8 Å². The molecule has 1 heterocycles. The molecule has 1 saturated heterocycles. The molecule has 0 radical (unpaired) electrons. The number of nitrogens with zero attached hydrogens (tertiary/aromatic N) is 1. The molecule has 170 valence electrons. The summed E-state index contributed by atoms with van der Waals surface area (Å²) in [5, 5.41) is 11.2. The van der Waals surface area contributed by atoms with Crippen LogP contribution in [-0.2, 0) is 14.3 Å².